The second-order valence-electron chi connectivity index (χ2n) is 4.09. The Kier molecular flexibility index (Phi) is 3.76. The van der Waals surface area contributed by atoms with E-state index in [1.807, 2.05) is 14.0 Å². The van der Waals surface area contributed by atoms with E-state index in [-0.39, 0.29) is 5.91 Å². The van der Waals surface area contributed by atoms with Crippen molar-refractivity contribution < 1.29 is 9.53 Å². The number of benzene rings is 1. The highest BCUT2D eigenvalue weighted by atomic mass is 35.5. The number of nitrogens with one attached hydrogen (secondary N) is 1. The highest BCUT2D eigenvalue weighted by molar-refractivity contribution is 6.31. The number of methoxy groups -OCH3 is 1. The molecule has 0 bridgehead atoms. The van der Waals surface area contributed by atoms with E-state index in [2.05, 4.69) is 10.4 Å². The van der Waals surface area contributed by atoms with E-state index in [1.54, 1.807) is 28.9 Å². The number of aryl methyl sites for hydroxylation is 2. The van der Waals surface area contributed by atoms with Gasteiger partial charge < -0.3 is 10.1 Å². The number of aromatic nitrogens is 2. The predicted molar refractivity (Wildman–Crippen MR) is 73.9 cm³/mol. The van der Waals surface area contributed by atoms with Gasteiger partial charge in [0, 0.05) is 23.8 Å². The molecule has 0 atom stereocenters. The molecule has 0 fully saturated rings. The number of carbonyl (C=O) groups is 1. The van der Waals surface area contributed by atoms with Crippen molar-refractivity contribution in [2.24, 2.45) is 7.05 Å². The Hall–Kier alpha value is -2.01. The third-order valence-electron chi connectivity index (χ3n) is 2.76. The second-order valence-corrected chi connectivity index (χ2v) is 4.53. The zero-order valence-corrected chi connectivity index (χ0v) is 11.7. The number of nitrogens with zero attached hydrogens (tertiary/aromatic N) is 2. The number of halogens is 1. The van der Waals surface area contributed by atoms with Gasteiger partial charge in [-0.3, -0.25) is 9.48 Å². The summed E-state index contributed by atoms with van der Waals surface area (Å²) in [5.74, 6) is 0.652. The van der Waals surface area contributed by atoms with Gasteiger partial charge in [-0.1, -0.05) is 11.6 Å². The average Bonchev–Trinajstić information content (AvgIpc) is 2.68. The summed E-state index contributed by atoms with van der Waals surface area (Å²) >= 11 is 5.89. The van der Waals surface area contributed by atoms with Crippen molar-refractivity contribution in [2.75, 3.05) is 12.4 Å². The molecule has 1 aromatic carbocycles. The lowest BCUT2D eigenvalue weighted by molar-refractivity contribution is 0.102. The van der Waals surface area contributed by atoms with E-state index < -0.39 is 0 Å². The monoisotopic (exact) mass is 279 g/mol. The number of hydrogen-bond donors (Lipinski definition) is 1. The van der Waals surface area contributed by atoms with E-state index in [0.29, 0.717) is 22.2 Å². The van der Waals surface area contributed by atoms with Crippen molar-refractivity contribution in [1.82, 2.24) is 9.78 Å². The van der Waals surface area contributed by atoms with Crippen LogP contribution in [0.4, 0.5) is 5.82 Å². The highest BCUT2D eigenvalue weighted by Gasteiger charge is 2.14. The van der Waals surface area contributed by atoms with Crippen molar-refractivity contribution in [3.05, 3.63) is 40.5 Å². The molecule has 1 heterocycles. The van der Waals surface area contributed by atoms with Crippen LogP contribution in [-0.2, 0) is 7.05 Å². The Morgan fingerprint density at radius 3 is 2.74 bits per heavy atom. The minimum atomic E-state index is -0.308. The summed E-state index contributed by atoms with van der Waals surface area (Å²) in [6, 6.07) is 6.67. The number of anilines is 1. The fourth-order valence-corrected chi connectivity index (χ4v) is 1.84. The van der Waals surface area contributed by atoms with Crippen molar-refractivity contribution in [2.45, 2.75) is 6.92 Å². The van der Waals surface area contributed by atoms with Crippen molar-refractivity contribution in [3.63, 3.8) is 0 Å². The summed E-state index contributed by atoms with van der Waals surface area (Å²) in [5, 5.41) is 7.35. The maximum absolute atomic E-state index is 12.2. The zero-order valence-electron chi connectivity index (χ0n) is 10.9. The van der Waals surface area contributed by atoms with Gasteiger partial charge in [0.15, 0.2) is 5.82 Å². The molecule has 0 radical (unpaired) electrons. The molecule has 19 heavy (non-hydrogen) atoms. The van der Waals surface area contributed by atoms with Crippen molar-refractivity contribution in [1.29, 1.82) is 0 Å². The van der Waals surface area contributed by atoms with Crippen LogP contribution in [0, 0.1) is 6.92 Å². The number of hydrogen-bond acceptors (Lipinski definition) is 3. The topological polar surface area (TPSA) is 56.1 Å². The summed E-state index contributed by atoms with van der Waals surface area (Å²) in [7, 11) is 3.32. The third kappa shape index (κ3) is 2.88. The molecule has 0 saturated heterocycles. The highest BCUT2D eigenvalue weighted by Crippen LogP contribution is 2.23. The number of carbonyl (C=O) groups excluding carboxylic acids is 1. The van der Waals surface area contributed by atoms with Crippen LogP contribution in [0.2, 0.25) is 5.02 Å². The average molecular weight is 280 g/mol. The number of rotatable bonds is 3. The molecule has 6 heteroatoms. The number of amides is 1. The van der Waals surface area contributed by atoms with Crippen LogP contribution < -0.4 is 10.1 Å². The molecule has 0 saturated carbocycles. The lowest BCUT2D eigenvalue weighted by Gasteiger charge is -2.08. The molecule has 0 aliphatic rings. The van der Waals surface area contributed by atoms with Crippen LogP contribution in [-0.4, -0.2) is 22.8 Å². The standard InChI is InChI=1S/C13H14ClN3O2/c1-8-6-12(16-17(8)2)15-13(18)10-7-9(14)4-5-11(10)19-3/h4-7H,1-3H3,(H,15,16,18). The molecule has 0 spiro atoms. The molecule has 0 unspecified atom stereocenters. The van der Waals surface area contributed by atoms with E-state index in [0.717, 1.165) is 5.69 Å². The Morgan fingerprint density at radius 2 is 2.16 bits per heavy atom. The molecular formula is C13H14ClN3O2. The zero-order chi connectivity index (χ0) is 14.0. The first-order valence-electron chi connectivity index (χ1n) is 5.67. The molecule has 1 N–H and O–H groups in total. The largest absolute Gasteiger partial charge is 0.496 e. The molecule has 5 nitrogen and oxygen atoms in total. The Labute approximate surface area is 116 Å². The normalized spacial score (nSPS) is 10.3. The lowest BCUT2D eigenvalue weighted by atomic mass is 10.2. The minimum Gasteiger partial charge on any atom is -0.496 e. The molecule has 0 aliphatic heterocycles. The SMILES string of the molecule is COc1ccc(Cl)cc1C(=O)Nc1cc(C)n(C)n1. The molecule has 1 aromatic heterocycles. The third-order valence-corrected chi connectivity index (χ3v) is 3.00. The molecule has 2 aromatic rings. The van der Waals surface area contributed by atoms with E-state index in [9.17, 15) is 4.79 Å². The van der Waals surface area contributed by atoms with Crippen molar-refractivity contribution in [3.8, 4) is 5.75 Å². The van der Waals surface area contributed by atoms with Crippen LogP contribution in [0.25, 0.3) is 0 Å². The molecule has 2 rings (SSSR count). The van der Waals surface area contributed by atoms with Gasteiger partial charge in [-0.15, -0.1) is 0 Å². The fourth-order valence-electron chi connectivity index (χ4n) is 1.66. The van der Waals surface area contributed by atoms with Gasteiger partial charge in [-0.25, -0.2) is 0 Å². The van der Waals surface area contributed by atoms with Crippen LogP contribution in [0.3, 0.4) is 0 Å². The lowest BCUT2D eigenvalue weighted by Crippen LogP contribution is -2.13. The van der Waals surface area contributed by atoms with Gasteiger partial charge in [0.05, 0.1) is 12.7 Å². The van der Waals surface area contributed by atoms with E-state index >= 15 is 0 Å². The van der Waals surface area contributed by atoms with Gasteiger partial charge >= 0.3 is 0 Å². The molecule has 100 valence electrons. The van der Waals surface area contributed by atoms with Gasteiger partial charge in [0.25, 0.3) is 5.91 Å². The Balaban J connectivity index is 2.27. The first-order valence-corrected chi connectivity index (χ1v) is 6.04. The smallest absolute Gasteiger partial charge is 0.260 e. The van der Waals surface area contributed by atoms with Gasteiger partial charge in [0.2, 0.25) is 0 Å². The van der Waals surface area contributed by atoms with Crippen LogP contribution in [0.1, 0.15) is 16.1 Å². The first kappa shape index (κ1) is 13.4. The predicted octanol–water partition coefficient (Wildman–Crippen LogP) is 2.64. The Bertz CT molecular complexity index is 603. The van der Waals surface area contributed by atoms with Crippen LogP contribution >= 0.6 is 11.6 Å². The summed E-state index contributed by atoms with van der Waals surface area (Å²) in [4.78, 5) is 12.2. The second kappa shape index (κ2) is 5.32. The summed E-state index contributed by atoms with van der Waals surface area (Å²) in [6.07, 6.45) is 0. The van der Waals surface area contributed by atoms with E-state index in [1.165, 1.54) is 7.11 Å². The summed E-state index contributed by atoms with van der Waals surface area (Å²) < 4.78 is 6.83. The molecular weight excluding hydrogens is 266 g/mol. The quantitative estimate of drug-likeness (QED) is 0.940. The van der Waals surface area contributed by atoms with Crippen LogP contribution in [0.15, 0.2) is 24.3 Å². The number of ether oxygens (including phenoxy) is 1. The molecule has 1 amide bonds. The van der Waals surface area contributed by atoms with Crippen LogP contribution in [0.5, 0.6) is 5.75 Å². The van der Waals surface area contributed by atoms with Gasteiger partial charge in [-0.2, -0.15) is 5.10 Å². The minimum absolute atomic E-state index is 0.308. The van der Waals surface area contributed by atoms with E-state index in [4.69, 9.17) is 16.3 Å². The first-order chi connectivity index (χ1) is 9.01. The Morgan fingerprint density at radius 1 is 1.42 bits per heavy atom. The molecule has 0 aliphatic carbocycles. The summed E-state index contributed by atoms with van der Waals surface area (Å²) in [5.41, 5.74) is 1.33. The van der Waals surface area contributed by atoms with Gasteiger partial charge in [0.1, 0.15) is 5.75 Å². The maximum atomic E-state index is 12.2. The maximum Gasteiger partial charge on any atom is 0.260 e. The van der Waals surface area contributed by atoms with Gasteiger partial charge in [-0.05, 0) is 25.1 Å². The summed E-state index contributed by atoms with van der Waals surface area (Å²) in [6.45, 7) is 1.91. The fraction of sp³-hybridized carbons (Fsp3) is 0.231. The van der Waals surface area contributed by atoms with Crippen molar-refractivity contribution >= 4 is 23.3 Å².